The van der Waals surface area contributed by atoms with Gasteiger partial charge in [-0.05, 0) is 13.3 Å². The first-order chi connectivity index (χ1) is 7.72. The van der Waals surface area contributed by atoms with Crippen molar-refractivity contribution in [3.05, 3.63) is 10.0 Å². The zero-order valence-corrected chi connectivity index (χ0v) is 10.4. The van der Waals surface area contributed by atoms with Gasteiger partial charge in [-0.2, -0.15) is 0 Å². The predicted octanol–water partition coefficient (Wildman–Crippen LogP) is 0.428. The minimum atomic E-state index is 0.178. The van der Waals surface area contributed by atoms with Gasteiger partial charge in [0.15, 0.2) is 0 Å². The molecule has 0 amide bonds. The van der Waals surface area contributed by atoms with Crippen LogP contribution in [0.2, 0.25) is 0 Å². The monoisotopic (exact) mass is 243 g/mol. The molecule has 0 aromatic carbocycles. The van der Waals surface area contributed by atoms with E-state index < -0.39 is 0 Å². The second kappa shape index (κ2) is 5.18. The van der Waals surface area contributed by atoms with Crippen LogP contribution in [0, 0.1) is 6.92 Å². The Hall–Kier alpha value is -0.560. The van der Waals surface area contributed by atoms with Gasteiger partial charge in [-0.15, -0.1) is 21.5 Å². The number of likely N-dealkylation sites (tertiary alicyclic amines) is 1. The molecule has 2 heterocycles. The predicted molar refractivity (Wildman–Crippen MR) is 61.3 cm³/mol. The number of hydrogen-bond acceptors (Lipinski definition) is 6. The Morgan fingerprint density at radius 3 is 2.94 bits per heavy atom. The van der Waals surface area contributed by atoms with Crippen LogP contribution in [0.25, 0.3) is 0 Å². The first-order valence-electron chi connectivity index (χ1n) is 5.39. The first kappa shape index (κ1) is 11.9. The zero-order valence-electron chi connectivity index (χ0n) is 9.59. The lowest BCUT2D eigenvalue weighted by Gasteiger charge is -2.20. The number of hydrogen-bond donors (Lipinski definition) is 1. The molecule has 0 radical (unpaired) electrons. The van der Waals surface area contributed by atoms with Gasteiger partial charge < -0.3 is 9.84 Å². The second-order valence-corrected chi connectivity index (χ2v) is 5.34. The lowest BCUT2D eigenvalue weighted by Crippen LogP contribution is -2.31. The quantitative estimate of drug-likeness (QED) is 0.831. The number of aryl methyl sites for hydroxylation is 1. The van der Waals surface area contributed by atoms with Crippen molar-refractivity contribution in [3.63, 3.8) is 0 Å². The fourth-order valence-electron chi connectivity index (χ4n) is 2.07. The van der Waals surface area contributed by atoms with Crippen LogP contribution in [0.15, 0.2) is 0 Å². The highest BCUT2D eigenvalue weighted by atomic mass is 32.1. The zero-order chi connectivity index (χ0) is 11.5. The van der Waals surface area contributed by atoms with E-state index >= 15 is 0 Å². The maximum absolute atomic E-state index is 9.30. The summed E-state index contributed by atoms with van der Waals surface area (Å²) in [5.74, 6) is 0. The summed E-state index contributed by atoms with van der Waals surface area (Å²) in [5, 5.41) is 19.4. The third kappa shape index (κ3) is 2.57. The fourth-order valence-corrected chi connectivity index (χ4v) is 2.80. The number of aromatic nitrogens is 2. The topological polar surface area (TPSA) is 58.5 Å². The summed E-state index contributed by atoms with van der Waals surface area (Å²) in [7, 11) is 1.72. The molecule has 1 aromatic rings. The van der Waals surface area contributed by atoms with Gasteiger partial charge in [-0.25, -0.2) is 0 Å². The van der Waals surface area contributed by atoms with Gasteiger partial charge in [0.05, 0.1) is 19.3 Å². The molecular weight excluding hydrogens is 226 g/mol. The minimum absolute atomic E-state index is 0.178. The number of ether oxygens (including phenoxy) is 1. The van der Waals surface area contributed by atoms with Gasteiger partial charge in [-0.3, -0.25) is 4.90 Å². The Kier molecular flexibility index (Phi) is 3.86. The van der Waals surface area contributed by atoms with Crippen LogP contribution < -0.4 is 0 Å². The molecule has 2 atom stereocenters. The largest absolute Gasteiger partial charge is 0.395 e. The third-order valence-corrected chi connectivity index (χ3v) is 3.76. The third-order valence-electron chi connectivity index (χ3n) is 2.94. The average Bonchev–Trinajstić information content (AvgIpc) is 2.85. The van der Waals surface area contributed by atoms with E-state index in [1.165, 1.54) is 0 Å². The molecule has 0 bridgehead atoms. The van der Waals surface area contributed by atoms with Crippen molar-refractivity contribution >= 4 is 11.3 Å². The minimum Gasteiger partial charge on any atom is -0.395 e. The van der Waals surface area contributed by atoms with Crippen LogP contribution in [-0.2, 0) is 11.3 Å². The van der Waals surface area contributed by atoms with E-state index in [9.17, 15) is 5.11 Å². The maximum Gasteiger partial charge on any atom is 0.131 e. The van der Waals surface area contributed by atoms with Crippen molar-refractivity contribution in [2.75, 3.05) is 20.3 Å². The Labute approximate surface area is 99.1 Å². The SMILES string of the molecule is CO[C@H]1C[C@@H](CO)N(Cc2nnc(C)s2)C1. The van der Waals surface area contributed by atoms with Crippen LogP contribution in [0.1, 0.15) is 16.4 Å². The van der Waals surface area contributed by atoms with Crippen molar-refractivity contribution in [1.29, 1.82) is 0 Å². The number of rotatable bonds is 4. The molecule has 0 aliphatic carbocycles. The molecule has 1 aromatic heterocycles. The van der Waals surface area contributed by atoms with Gasteiger partial charge in [0.1, 0.15) is 10.0 Å². The summed E-state index contributed by atoms with van der Waals surface area (Å²) < 4.78 is 5.33. The van der Waals surface area contributed by atoms with Gasteiger partial charge in [-0.1, -0.05) is 0 Å². The van der Waals surface area contributed by atoms with Gasteiger partial charge in [0.2, 0.25) is 0 Å². The van der Waals surface area contributed by atoms with E-state index in [2.05, 4.69) is 15.1 Å². The van der Waals surface area contributed by atoms with E-state index in [4.69, 9.17) is 4.74 Å². The molecule has 2 rings (SSSR count). The van der Waals surface area contributed by atoms with E-state index in [0.29, 0.717) is 0 Å². The molecule has 5 nitrogen and oxygen atoms in total. The smallest absolute Gasteiger partial charge is 0.131 e. The normalized spacial score (nSPS) is 26.4. The molecule has 0 saturated carbocycles. The summed E-state index contributed by atoms with van der Waals surface area (Å²) in [6.07, 6.45) is 1.12. The van der Waals surface area contributed by atoms with Crippen molar-refractivity contribution < 1.29 is 9.84 Å². The van der Waals surface area contributed by atoms with Gasteiger partial charge >= 0.3 is 0 Å². The van der Waals surface area contributed by atoms with Crippen LogP contribution >= 0.6 is 11.3 Å². The van der Waals surface area contributed by atoms with E-state index in [1.807, 2.05) is 6.92 Å². The molecule has 1 aliphatic rings. The number of methoxy groups -OCH3 is 1. The molecule has 0 spiro atoms. The van der Waals surface area contributed by atoms with Crippen molar-refractivity contribution in [2.24, 2.45) is 0 Å². The first-order valence-corrected chi connectivity index (χ1v) is 6.21. The summed E-state index contributed by atoms with van der Waals surface area (Å²) in [5.41, 5.74) is 0. The van der Waals surface area contributed by atoms with Crippen molar-refractivity contribution in [3.8, 4) is 0 Å². The van der Waals surface area contributed by atoms with E-state index in [0.717, 1.165) is 29.5 Å². The standard InChI is InChI=1S/C10H17N3O2S/c1-7-11-12-10(16-7)5-13-4-9(15-2)3-8(13)6-14/h8-9,14H,3-6H2,1-2H3/t8-,9-/m0/s1. The van der Waals surface area contributed by atoms with Crippen LogP contribution in [0.3, 0.4) is 0 Å². The lowest BCUT2D eigenvalue weighted by atomic mass is 10.2. The highest BCUT2D eigenvalue weighted by molar-refractivity contribution is 7.11. The molecule has 1 fully saturated rings. The van der Waals surface area contributed by atoms with Crippen LogP contribution in [0.5, 0.6) is 0 Å². The summed E-state index contributed by atoms with van der Waals surface area (Å²) >= 11 is 1.61. The van der Waals surface area contributed by atoms with Gasteiger partial charge in [0.25, 0.3) is 0 Å². The lowest BCUT2D eigenvalue weighted by molar-refractivity contribution is 0.107. The summed E-state index contributed by atoms with van der Waals surface area (Å²) in [6, 6.07) is 0.189. The number of aliphatic hydroxyl groups excluding tert-OH is 1. The van der Waals surface area contributed by atoms with Gasteiger partial charge in [0, 0.05) is 19.7 Å². The van der Waals surface area contributed by atoms with Crippen molar-refractivity contribution in [2.45, 2.75) is 32.0 Å². The Morgan fingerprint density at radius 2 is 2.38 bits per heavy atom. The highest BCUT2D eigenvalue weighted by Gasteiger charge is 2.31. The van der Waals surface area contributed by atoms with Crippen LogP contribution in [0.4, 0.5) is 0 Å². The summed E-state index contributed by atoms with van der Waals surface area (Å²) in [6.45, 7) is 3.75. The number of nitrogens with zero attached hydrogens (tertiary/aromatic N) is 3. The van der Waals surface area contributed by atoms with Crippen LogP contribution in [-0.4, -0.2) is 52.6 Å². The second-order valence-electron chi connectivity index (χ2n) is 4.07. The molecule has 1 N–H and O–H groups in total. The van der Waals surface area contributed by atoms with E-state index in [1.54, 1.807) is 18.4 Å². The molecular formula is C10H17N3O2S. The van der Waals surface area contributed by atoms with Crippen molar-refractivity contribution in [1.82, 2.24) is 15.1 Å². The molecule has 16 heavy (non-hydrogen) atoms. The maximum atomic E-state index is 9.30. The Balaban J connectivity index is 1.98. The highest BCUT2D eigenvalue weighted by Crippen LogP contribution is 2.22. The fraction of sp³-hybridized carbons (Fsp3) is 0.800. The van der Waals surface area contributed by atoms with E-state index in [-0.39, 0.29) is 18.8 Å². The molecule has 6 heteroatoms. The Morgan fingerprint density at radius 1 is 1.56 bits per heavy atom. The molecule has 90 valence electrons. The Bertz CT molecular complexity index is 345. The summed E-state index contributed by atoms with van der Waals surface area (Å²) in [4.78, 5) is 2.22. The molecule has 1 saturated heterocycles. The molecule has 1 aliphatic heterocycles. The molecule has 0 unspecified atom stereocenters. The average molecular weight is 243 g/mol. The number of aliphatic hydroxyl groups is 1.